The summed E-state index contributed by atoms with van der Waals surface area (Å²) in [5.74, 6) is 0. The zero-order valence-corrected chi connectivity index (χ0v) is 27.3. The summed E-state index contributed by atoms with van der Waals surface area (Å²) in [5.41, 5.74) is 12.3. The molecule has 10 aromatic rings. The Labute approximate surface area is 290 Å². The van der Waals surface area contributed by atoms with Crippen LogP contribution in [0.25, 0.3) is 76.9 Å². The largest absolute Gasteiger partial charge is 0.456 e. The molecule has 10 rings (SSSR count). The molecule has 0 aliphatic carbocycles. The van der Waals surface area contributed by atoms with Crippen LogP contribution in [-0.4, -0.2) is 0 Å². The molecule has 2 heteroatoms. The van der Waals surface area contributed by atoms with Crippen LogP contribution in [0.1, 0.15) is 0 Å². The second kappa shape index (κ2) is 11.5. The van der Waals surface area contributed by atoms with Crippen molar-refractivity contribution in [2.75, 3.05) is 4.90 Å². The minimum Gasteiger partial charge on any atom is -0.456 e. The van der Waals surface area contributed by atoms with Crippen molar-refractivity contribution in [2.45, 2.75) is 0 Å². The minimum atomic E-state index is 0.927. The Kier molecular flexibility index (Phi) is 6.53. The Morgan fingerprint density at radius 1 is 0.340 bits per heavy atom. The molecule has 0 unspecified atom stereocenters. The van der Waals surface area contributed by atoms with E-state index in [0.717, 1.165) is 33.8 Å². The molecule has 9 aromatic carbocycles. The van der Waals surface area contributed by atoms with E-state index in [1.165, 1.54) is 60.1 Å². The summed E-state index contributed by atoms with van der Waals surface area (Å²) in [5, 5.41) is 7.19. The number of hydrogen-bond donors (Lipinski definition) is 0. The van der Waals surface area contributed by atoms with Crippen LogP contribution in [0.4, 0.5) is 17.1 Å². The van der Waals surface area contributed by atoms with Gasteiger partial charge in [0.25, 0.3) is 0 Å². The molecule has 50 heavy (non-hydrogen) atoms. The van der Waals surface area contributed by atoms with Gasteiger partial charge in [-0.2, -0.15) is 0 Å². The maximum atomic E-state index is 6.44. The van der Waals surface area contributed by atoms with E-state index < -0.39 is 0 Å². The summed E-state index contributed by atoms with van der Waals surface area (Å²) in [4.78, 5) is 2.38. The van der Waals surface area contributed by atoms with Crippen molar-refractivity contribution < 1.29 is 4.42 Å². The fraction of sp³-hybridized carbons (Fsp3) is 0. The Morgan fingerprint density at radius 2 is 0.900 bits per heavy atom. The predicted octanol–water partition coefficient (Wildman–Crippen LogP) is 13.8. The van der Waals surface area contributed by atoms with Crippen LogP contribution < -0.4 is 4.90 Å². The zero-order chi connectivity index (χ0) is 33.0. The van der Waals surface area contributed by atoms with E-state index in [1.54, 1.807) is 0 Å². The molecule has 2 nitrogen and oxygen atoms in total. The van der Waals surface area contributed by atoms with Crippen LogP contribution in [0.3, 0.4) is 0 Å². The highest BCUT2D eigenvalue weighted by molar-refractivity contribution is 6.22. The maximum absolute atomic E-state index is 6.44. The summed E-state index contributed by atoms with van der Waals surface area (Å²) in [6, 6.07) is 67.5. The molecular weight excluding hydrogens is 607 g/mol. The van der Waals surface area contributed by atoms with Crippen molar-refractivity contribution in [1.29, 1.82) is 0 Å². The molecule has 0 fully saturated rings. The summed E-state index contributed by atoms with van der Waals surface area (Å²) in [7, 11) is 0. The summed E-state index contributed by atoms with van der Waals surface area (Å²) >= 11 is 0. The summed E-state index contributed by atoms with van der Waals surface area (Å²) in [6.45, 7) is 0. The number of rotatable bonds is 6. The van der Waals surface area contributed by atoms with Gasteiger partial charge in [-0.3, -0.25) is 0 Å². The average molecular weight is 638 g/mol. The van der Waals surface area contributed by atoms with Crippen molar-refractivity contribution in [3.63, 3.8) is 0 Å². The van der Waals surface area contributed by atoms with Crippen molar-refractivity contribution >= 4 is 60.5 Å². The molecule has 0 saturated heterocycles. The third-order valence-corrected chi connectivity index (χ3v) is 10.0. The highest BCUT2D eigenvalue weighted by Crippen LogP contribution is 2.45. The van der Waals surface area contributed by atoms with Gasteiger partial charge in [0.1, 0.15) is 11.2 Å². The van der Waals surface area contributed by atoms with E-state index in [0.29, 0.717) is 0 Å². The van der Waals surface area contributed by atoms with Crippen molar-refractivity contribution in [1.82, 2.24) is 0 Å². The monoisotopic (exact) mass is 637 g/mol. The fourth-order valence-corrected chi connectivity index (χ4v) is 7.63. The highest BCUT2D eigenvalue weighted by atomic mass is 16.3. The SMILES string of the molecule is c1ccc(-c2ccc(N(c3ccc(-c4ccccc4)cc3)c3ccc(-c4cc5ccc6cccc7oc(c4)c5c67)c4ccccc34)cc2)cc1. The predicted molar refractivity (Wildman–Crippen MR) is 211 cm³/mol. The number of hydrogen-bond acceptors (Lipinski definition) is 2. The van der Waals surface area contributed by atoms with Gasteiger partial charge in [-0.15, -0.1) is 0 Å². The van der Waals surface area contributed by atoms with Gasteiger partial charge in [0.05, 0.1) is 5.69 Å². The molecule has 0 aliphatic rings. The van der Waals surface area contributed by atoms with Gasteiger partial charge in [0, 0.05) is 27.5 Å². The minimum absolute atomic E-state index is 0.927. The smallest absolute Gasteiger partial charge is 0.136 e. The molecule has 0 atom stereocenters. The second-order valence-electron chi connectivity index (χ2n) is 12.9. The lowest BCUT2D eigenvalue weighted by atomic mass is 9.93. The lowest BCUT2D eigenvalue weighted by molar-refractivity contribution is 0.669. The van der Waals surface area contributed by atoms with Crippen LogP contribution in [0.15, 0.2) is 192 Å². The summed E-state index contributed by atoms with van der Waals surface area (Å²) in [6.07, 6.45) is 0. The maximum Gasteiger partial charge on any atom is 0.136 e. The van der Waals surface area contributed by atoms with Crippen LogP contribution >= 0.6 is 0 Å². The molecule has 1 aromatic heterocycles. The van der Waals surface area contributed by atoms with Gasteiger partial charge in [-0.25, -0.2) is 0 Å². The third kappa shape index (κ3) is 4.65. The number of anilines is 3. The number of benzene rings is 9. The van der Waals surface area contributed by atoms with E-state index in [-0.39, 0.29) is 0 Å². The zero-order valence-electron chi connectivity index (χ0n) is 27.3. The first kappa shape index (κ1) is 28.4. The molecule has 0 saturated carbocycles. The Hall–Kier alpha value is -6.64. The quantitative estimate of drug-likeness (QED) is 0.169. The van der Waals surface area contributed by atoms with Crippen molar-refractivity contribution in [2.24, 2.45) is 0 Å². The fourth-order valence-electron chi connectivity index (χ4n) is 7.63. The van der Waals surface area contributed by atoms with Gasteiger partial charge in [0.2, 0.25) is 0 Å². The Balaban J connectivity index is 1.14. The lowest BCUT2D eigenvalue weighted by Gasteiger charge is -2.28. The topological polar surface area (TPSA) is 16.4 Å². The number of nitrogens with zero attached hydrogens (tertiary/aromatic N) is 1. The first-order valence-electron chi connectivity index (χ1n) is 17.1. The molecule has 234 valence electrons. The van der Waals surface area contributed by atoms with Gasteiger partial charge in [-0.1, -0.05) is 140 Å². The van der Waals surface area contributed by atoms with Crippen molar-refractivity contribution in [3.05, 3.63) is 188 Å². The van der Waals surface area contributed by atoms with Gasteiger partial charge in [-0.05, 0) is 98.1 Å². The molecular formula is C48H31NO. The van der Waals surface area contributed by atoms with Crippen LogP contribution in [0, 0.1) is 0 Å². The molecule has 0 amide bonds. The normalized spacial score (nSPS) is 11.6. The Bertz CT molecular complexity index is 2700. The molecule has 0 bridgehead atoms. The van der Waals surface area contributed by atoms with E-state index in [1.807, 2.05) is 0 Å². The van der Waals surface area contributed by atoms with Gasteiger partial charge in [0.15, 0.2) is 0 Å². The molecule has 0 spiro atoms. The summed E-state index contributed by atoms with van der Waals surface area (Å²) < 4.78 is 6.44. The Morgan fingerprint density at radius 3 is 1.56 bits per heavy atom. The van der Waals surface area contributed by atoms with Crippen LogP contribution in [0.2, 0.25) is 0 Å². The van der Waals surface area contributed by atoms with E-state index >= 15 is 0 Å². The van der Waals surface area contributed by atoms with Gasteiger partial charge < -0.3 is 9.32 Å². The van der Waals surface area contributed by atoms with E-state index in [9.17, 15) is 0 Å². The molecule has 0 N–H and O–H groups in total. The second-order valence-corrected chi connectivity index (χ2v) is 12.9. The lowest BCUT2D eigenvalue weighted by Crippen LogP contribution is -2.10. The number of fused-ring (bicyclic) bond motifs is 1. The third-order valence-electron chi connectivity index (χ3n) is 10.0. The van der Waals surface area contributed by atoms with Crippen molar-refractivity contribution in [3.8, 4) is 33.4 Å². The molecule has 0 aliphatic heterocycles. The van der Waals surface area contributed by atoms with Crippen LogP contribution in [-0.2, 0) is 0 Å². The molecule has 1 heterocycles. The highest BCUT2D eigenvalue weighted by Gasteiger charge is 2.20. The van der Waals surface area contributed by atoms with E-state index in [2.05, 4.69) is 193 Å². The molecule has 0 radical (unpaired) electrons. The van der Waals surface area contributed by atoms with Crippen LogP contribution in [0.5, 0.6) is 0 Å². The number of furan rings is 1. The van der Waals surface area contributed by atoms with E-state index in [4.69, 9.17) is 4.42 Å². The first-order chi connectivity index (χ1) is 24.8. The van der Waals surface area contributed by atoms with Gasteiger partial charge >= 0.3 is 0 Å². The standard InChI is InChI=1S/C48H31NO/c1-3-10-32(11-4-1)34-20-24-39(25-21-34)49(40-26-22-35(23-27-40)33-12-5-2-6-13-33)44-29-28-41(42-15-7-8-16-43(42)44)38-30-37-19-18-36-14-9-17-45-47(36)48(37)46(31-38)50-45/h1-31H. The average Bonchev–Trinajstić information content (AvgIpc) is 3.58. The first-order valence-corrected chi connectivity index (χ1v) is 17.1.